The number of rotatable bonds is 21. The Morgan fingerprint density at radius 3 is 1.23 bits per heavy atom. The van der Waals surface area contributed by atoms with Gasteiger partial charge in [0.25, 0.3) is 0 Å². The van der Waals surface area contributed by atoms with Gasteiger partial charge in [0.1, 0.15) is 22.9 Å². The van der Waals surface area contributed by atoms with Crippen LogP contribution in [0, 0.1) is 67.5 Å². The summed E-state index contributed by atoms with van der Waals surface area (Å²) in [5, 5.41) is 118. The fourth-order valence-corrected chi connectivity index (χ4v) is 27.1. The van der Waals surface area contributed by atoms with E-state index >= 15 is 0 Å². The average Bonchev–Trinajstić information content (AvgIpc) is 1.39. The predicted molar refractivity (Wildman–Crippen MR) is 538 cm³/mol. The van der Waals surface area contributed by atoms with Crippen LogP contribution in [-0.4, -0.2) is 166 Å². The Hall–Kier alpha value is -13.3. The van der Waals surface area contributed by atoms with Crippen LogP contribution in [-0.2, 0) is 107 Å². The molecule has 144 heavy (non-hydrogen) atoms. The number of para-hydroxylation sites is 4. The SMILES string of the molecule is CC[C@@]12CCCN(C#N)[C@@H]1c1c(CCn3cc(-c4cccc(Cl)c4)nn3)c3ccccc3n1[C@](C)(O)C2.CC[C@@]12CCCN(C#N)[C@@H]1c1c(CCn3cc(C4CCCC4)nn3)c3ccccc3n1[C@](C)(O)C2.CC[C@@]12CCCN(C#N)[C@@H]1c1c(CCn3cc(CCCCO)nn3)c3ccccc3n1[C@](C)(O)C2.CC[C@]12C=C(C)n3c(c(CCBr)c4ccccc43)[C@H]1N(C#N)CCC2.O=C=O.O=C=O.O=C=O.O=C=O. The van der Waals surface area contributed by atoms with E-state index in [1.54, 1.807) is 0 Å². The number of piperidine rings is 4. The normalized spacial score (nSPS) is 24.3. The Labute approximate surface area is 851 Å². The smallest absolute Gasteiger partial charge is 0.373 e. The fourth-order valence-electron chi connectivity index (χ4n) is 26.5. The van der Waals surface area contributed by atoms with Crippen molar-refractivity contribution in [1.29, 1.82) is 21.0 Å². The van der Waals surface area contributed by atoms with Crippen LogP contribution in [0.2, 0.25) is 5.02 Å². The molecule has 35 heteroatoms. The maximum atomic E-state index is 11.9. The highest BCUT2D eigenvalue weighted by molar-refractivity contribution is 9.09. The number of nitriles is 4. The van der Waals surface area contributed by atoms with Gasteiger partial charge in [-0.2, -0.15) is 59.4 Å². The highest BCUT2D eigenvalue weighted by atomic mass is 79.9. The zero-order valence-electron chi connectivity index (χ0n) is 83.2. The maximum absolute atomic E-state index is 11.9. The lowest BCUT2D eigenvalue weighted by Gasteiger charge is -2.55. The summed E-state index contributed by atoms with van der Waals surface area (Å²) in [5.41, 5.74) is 15.8. The first kappa shape index (κ1) is 106. The van der Waals surface area contributed by atoms with Gasteiger partial charge in [0, 0.05) is 172 Å². The summed E-state index contributed by atoms with van der Waals surface area (Å²) in [7, 11) is 0. The number of aromatic nitrogens is 13. The van der Waals surface area contributed by atoms with Gasteiger partial charge in [0.2, 0.25) is 0 Å². The summed E-state index contributed by atoms with van der Waals surface area (Å²) in [4.78, 5) is 73.0. The van der Waals surface area contributed by atoms with E-state index < -0.39 is 17.2 Å². The van der Waals surface area contributed by atoms with E-state index in [2.05, 4.69) is 216 Å². The number of unbranched alkanes of at least 4 members (excludes halogenated alkanes) is 1. The van der Waals surface area contributed by atoms with Gasteiger partial charge in [-0.15, -0.1) is 15.3 Å². The summed E-state index contributed by atoms with van der Waals surface area (Å²) in [6.45, 7) is 22.4. The number of halogens is 2. The summed E-state index contributed by atoms with van der Waals surface area (Å²) in [6, 6.07) is 41.4. The lowest BCUT2D eigenvalue weighted by atomic mass is 9.63. The molecule has 754 valence electrons. The molecule has 8 aliphatic heterocycles. The predicted octanol–water partition coefficient (Wildman–Crippen LogP) is 18.1. The van der Waals surface area contributed by atoms with E-state index in [0.29, 0.717) is 49.7 Å². The minimum absolute atomic E-state index is 0.0151. The highest BCUT2D eigenvalue weighted by Gasteiger charge is 2.59. The minimum Gasteiger partial charge on any atom is -0.396 e. The van der Waals surface area contributed by atoms with Crippen LogP contribution in [0.5, 0.6) is 0 Å². The topological polar surface area (TPSA) is 437 Å². The Morgan fingerprint density at radius 2 is 0.819 bits per heavy atom. The number of aliphatic hydroxyl groups excluding tert-OH is 1. The standard InChI is InChI=1S/C29H31ClN6O.C28H36N6O.C27H36N6O2.C21H24BrN3.4CO2/c1-3-29-13-7-14-34(19-31)27(29)26-23(22-10-4-5-11-25(22)36(26)28(2,37)18-29)12-15-35-17-24(32-33-35)20-8-6-9-21(30)16-20;1-3-28-14-8-15-32(19-29)26(28)25-22(13-16-33-17-23(30-31-33)20-9-4-5-10-20)21-11-6-7-12-24(21)34(25)27(2,35)18-28;1-3-27-13-8-14-31(19-28)25(27)24-22(12-15-32-17-20(29-30-32)9-6-7-16-34)21-10-4-5-11-23(21)33(24)26(2,35)18-27;1-3-21-10-6-12-24(14-23)20(21)19-17(9-11-22)16-7-4-5-8-18(16)25(19)15(2)13-21;4*2-1-3/h4-6,8-11,16-17,27,37H,3,7,12-15,18H2,1-2H3;6-7,11-12,17,20,26,35H,3-5,8-10,13-16,18H2,1-2H3;4-5,10-11,17,25,34-35H,3,6-9,12-16,18H2,1-2H3;4-5,7-8,13,20H,3,6,9-12H2,1-2H3;;;;/t27-,28-,29+;26-,27-,28+;25-,26-,27+;20-,21+;;;;/m1111..../s1. The van der Waals surface area contributed by atoms with Crippen molar-refractivity contribution in [2.24, 2.45) is 21.7 Å². The summed E-state index contributed by atoms with van der Waals surface area (Å²) >= 11 is 9.82. The molecule has 5 aromatic carbocycles. The molecule has 33 nitrogen and oxygen atoms in total. The monoisotopic (exact) mass is 2040 g/mol. The third-order valence-corrected chi connectivity index (χ3v) is 32.7. The van der Waals surface area contributed by atoms with Crippen LogP contribution in [0.25, 0.3) is 60.6 Å². The molecule has 0 spiro atoms. The van der Waals surface area contributed by atoms with Gasteiger partial charge in [-0.1, -0.05) is 175 Å². The van der Waals surface area contributed by atoms with Crippen molar-refractivity contribution < 1.29 is 58.8 Å². The lowest BCUT2D eigenvalue weighted by Crippen LogP contribution is -2.54. The number of fused-ring (bicyclic) bond motifs is 20. The molecular formula is C109H127BrClN21O12. The van der Waals surface area contributed by atoms with Crippen LogP contribution in [0.15, 0.2) is 146 Å². The quantitative estimate of drug-likeness (QED) is 0.0295. The van der Waals surface area contributed by atoms with Crippen molar-refractivity contribution >= 4 is 101 Å². The molecule has 11 atom stereocenters. The number of nitrogens with zero attached hydrogens (tertiary/aromatic N) is 21. The van der Waals surface area contributed by atoms with Gasteiger partial charge in [0.05, 0.1) is 69.5 Å². The van der Waals surface area contributed by atoms with E-state index in [1.165, 1.54) is 82.0 Å². The number of aliphatic hydroxyl groups is 4. The number of likely N-dealkylation sites (tertiary alicyclic amines) is 4. The van der Waals surface area contributed by atoms with Gasteiger partial charge in [-0.25, -0.2) is 0 Å². The molecule has 1 saturated carbocycles. The van der Waals surface area contributed by atoms with Gasteiger partial charge in [0.15, 0.2) is 24.8 Å². The molecule has 4 saturated heterocycles. The van der Waals surface area contributed by atoms with Crippen LogP contribution < -0.4 is 0 Å². The minimum atomic E-state index is -1.04. The molecule has 0 unspecified atom stereocenters. The van der Waals surface area contributed by atoms with E-state index in [4.69, 9.17) is 55.1 Å². The molecule has 9 aliphatic rings. The number of hydrogen-bond acceptors (Lipinski definition) is 26. The van der Waals surface area contributed by atoms with Crippen LogP contribution in [0.3, 0.4) is 0 Å². The molecule has 21 rings (SSSR count). The summed E-state index contributed by atoms with van der Waals surface area (Å²) < 4.78 is 14.6. The van der Waals surface area contributed by atoms with Crippen molar-refractivity contribution in [3.8, 4) is 36.0 Å². The van der Waals surface area contributed by atoms with Crippen LogP contribution >= 0.6 is 27.5 Å². The molecule has 5 fully saturated rings. The molecule has 0 bridgehead atoms. The molecule has 12 aromatic rings. The fraction of sp³-hybridized carbons (Fsp3) is 0.505. The molecule has 1 aliphatic carbocycles. The van der Waals surface area contributed by atoms with Gasteiger partial charge in [-0.3, -0.25) is 14.0 Å². The number of aryl methyl sites for hydroxylation is 8. The van der Waals surface area contributed by atoms with Crippen molar-refractivity contribution in [3.63, 3.8) is 0 Å². The van der Waals surface area contributed by atoms with Gasteiger partial charge >= 0.3 is 24.6 Å². The Bertz CT molecular complexity index is 6870. The third-order valence-electron chi connectivity index (χ3n) is 32.1. The maximum Gasteiger partial charge on any atom is 0.373 e. The van der Waals surface area contributed by atoms with Gasteiger partial charge < -0.3 is 58.3 Å². The van der Waals surface area contributed by atoms with Crippen molar-refractivity contribution in [1.82, 2.24) is 82.8 Å². The van der Waals surface area contributed by atoms with Crippen LogP contribution in [0.1, 0.15) is 277 Å². The van der Waals surface area contributed by atoms with Gasteiger partial charge in [-0.05, 0) is 221 Å². The first-order valence-electron chi connectivity index (χ1n) is 50.2. The average molecular weight is 2040 g/mol. The number of allylic oxidation sites excluding steroid dienone is 1. The van der Waals surface area contributed by atoms with Crippen LogP contribution in [0.4, 0.5) is 0 Å². The van der Waals surface area contributed by atoms with E-state index in [9.17, 15) is 36.4 Å². The Morgan fingerprint density at radius 1 is 0.438 bits per heavy atom. The Balaban J connectivity index is 0.000000148. The number of hydrogen-bond donors (Lipinski definition) is 4. The number of carbonyl (C=O) groups excluding carboxylic acids is 8. The largest absolute Gasteiger partial charge is 0.396 e. The van der Waals surface area contributed by atoms with Crippen molar-refractivity contribution in [3.05, 3.63) is 207 Å². The molecule has 15 heterocycles. The number of benzene rings is 5. The second-order valence-corrected chi connectivity index (χ2v) is 41.4. The Kier molecular flexibility index (Phi) is 34.1. The molecular weight excluding hydrogens is 1910 g/mol. The molecule has 4 N–H and O–H groups in total. The zero-order valence-corrected chi connectivity index (χ0v) is 85.5. The summed E-state index contributed by atoms with van der Waals surface area (Å²) in [6.07, 6.45) is 44.4. The first-order chi connectivity index (χ1) is 69.6. The van der Waals surface area contributed by atoms with E-state index in [1.807, 2.05) is 109 Å². The van der Waals surface area contributed by atoms with E-state index in [0.717, 1.165) is 214 Å². The highest BCUT2D eigenvalue weighted by Crippen LogP contribution is 2.64. The number of alkyl halides is 1. The van der Waals surface area contributed by atoms with Crippen molar-refractivity contribution in [2.45, 2.75) is 289 Å². The lowest BCUT2D eigenvalue weighted by molar-refractivity contribution is -0.193. The first-order valence-corrected chi connectivity index (χ1v) is 51.7. The second kappa shape index (κ2) is 46.2. The van der Waals surface area contributed by atoms with E-state index in [-0.39, 0.29) is 77.0 Å². The molecule has 7 aromatic heterocycles. The third kappa shape index (κ3) is 20.7. The molecule has 0 amide bonds. The zero-order chi connectivity index (χ0) is 103. The summed E-state index contributed by atoms with van der Waals surface area (Å²) in [5.74, 6) is 0.554. The van der Waals surface area contributed by atoms with Crippen molar-refractivity contribution in [2.75, 3.05) is 38.1 Å². The molecule has 0 radical (unpaired) electrons. The second-order valence-electron chi connectivity index (χ2n) is 40.2.